The van der Waals surface area contributed by atoms with Crippen LogP contribution in [0, 0.1) is 0 Å². The predicted octanol–water partition coefficient (Wildman–Crippen LogP) is 3.84. The van der Waals surface area contributed by atoms with Crippen molar-refractivity contribution in [3.05, 3.63) is 64.7 Å². The first kappa shape index (κ1) is 21.6. The molecule has 1 aliphatic rings. The zero-order valence-corrected chi connectivity index (χ0v) is 17.6. The predicted molar refractivity (Wildman–Crippen MR) is 116 cm³/mol. The number of esters is 1. The molecule has 3 rings (SSSR count). The second-order valence-electron chi connectivity index (χ2n) is 7.37. The summed E-state index contributed by atoms with van der Waals surface area (Å²) in [5.41, 5.74) is 3.94. The fourth-order valence-corrected chi connectivity index (χ4v) is 3.70. The quantitative estimate of drug-likeness (QED) is 0.706. The van der Waals surface area contributed by atoms with E-state index in [1.807, 2.05) is 26.0 Å². The number of anilines is 1. The van der Waals surface area contributed by atoms with Gasteiger partial charge in [0.15, 0.2) is 6.61 Å². The van der Waals surface area contributed by atoms with Crippen molar-refractivity contribution in [2.75, 3.05) is 25.0 Å². The molecule has 2 amide bonds. The number of fused-ring (bicyclic) bond motifs is 1. The van der Waals surface area contributed by atoms with E-state index >= 15 is 0 Å². The number of hydrogen-bond acceptors (Lipinski definition) is 4. The van der Waals surface area contributed by atoms with Crippen molar-refractivity contribution in [3.8, 4) is 0 Å². The maximum absolute atomic E-state index is 12.5. The van der Waals surface area contributed by atoms with Gasteiger partial charge in [-0.15, -0.1) is 0 Å². The van der Waals surface area contributed by atoms with Gasteiger partial charge in [0.25, 0.3) is 11.8 Å². The molecule has 0 heterocycles. The number of nitrogens with zero attached hydrogens (tertiary/aromatic N) is 1. The molecule has 0 radical (unpaired) electrons. The van der Waals surface area contributed by atoms with Gasteiger partial charge in [-0.3, -0.25) is 9.59 Å². The van der Waals surface area contributed by atoms with Gasteiger partial charge in [-0.1, -0.05) is 12.1 Å². The zero-order chi connectivity index (χ0) is 21.5. The molecule has 1 N–H and O–H groups in total. The Morgan fingerprint density at radius 3 is 2.40 bits per heavy atom. The molecule has 6 heteroatoms. The van der Waals surface area contributed by atoms with Crippen molar-refractivity contribution in [3.63, 3.8) is 0 Å². The number of nitrogens with one attached hydrogen (secondary N) is 1. The van der Waals surface area contributed by atoms with Crippen LogP contribution in [0.25, 0.3) is 0 Å². The highest BCUT2D eigenvalue weighted by atomic mass is 16.5. The summed E-state index contributed by atoms with van der Waals surface area (Å²) in [4.78, 5) is 38.7. The summed E-state index contributed by atoms with van der Waals surface area (Å²) >= 11 is 0. The van der Waals surface area contributed by atoms with Crippen molar-refractivity contribution >= 4 is 23.5 Å². The van der Waals surface area contributed by atoms with Crippen LogP contribution in [-0.2, 0) is 22.4 Å². The van der Waals surface area contributed by atoms with Gasteiger partial charge in [0.05, 0.1) is 5.56 Å². The summed E-state index contributed by atoms with van der Waals surface area (Å²) in [7, 11) is 0. The van der Waals surface area contributed by atoms with E-state index in [1.54, 1.807) is 35.2 Å². The SMILES string of the molecule is CCN(CC)C(=O)c1cccc(NC(=O)COC(=O)c2ccc3c(c2)CCCC3)c1. The number of rotatable bonds is 7. The molecule has 2 aromatic rings. The van der Waals surface area contributed by atoms with Crippen LogP contribution in [0.5, 0.6) is 0 Å². The topological polar surface area (TPSA) is 75.7 Å². The molecule has 0 bridgehead atoms. The largest absolute Gasteiger partial charge is 0.452 e. The second-order valence-corrected chi connectivity index (χ2v) is 7.37. The van der Waals surface area contributed by atoms with Crippen LogP contribution < -0.4 is 5.32 Å². The Balaban J connectivity index is 1.56. The third-order valence-electron chi connectivity index (χ3n) is 5.36. The number of hydrogen-bond donors (Lipinski definition) is 1. The van der Waals surface area contributed by atoms with Crippen LogP contribution in [-0.4, -0.2) is 42.4 Å². The minimum absolute atomic E-state index is 0.0880. The summed E-state index contributed by atoms with van der Waals surface area (Å²) < 4.78 is 5.18. The Kier molecular flexibility index (Phi) is 7.22. The molecular formula is C24H28N2O4. The Bertz CT molecular complexity index is 935. The molecular weight excluding hydrogens is 380 g/mol. The Morgan fingerprint density at radius 1 is 0.933 bits per heavy atom. The van der Waals surface area contributed by atoms with Crippen molar-refractivity contribution in [1.29, 1.82) is 0 Å². The van der Waals surface area contributed by atoms with Gasteiger partial charge >= 0.3 is 5.97 Å². The number of carbonyl (C=O) groups is 3. The molecule has 0 aromatic heterocycles. The smallest absolute Gasteiger partial charge is 0.338 e. The van der Waals surface area contributed by atoms with E-state index in [0.29, 0.717) is 29.9 Å². The average Bonchev–Trinajstić information content (AvgIpc) is 2.78. The first-order valence-corrected chi connectivity index (χ1v) is 10.5. The summed E-state index contributed by atoms with van der Waals surface area (Å²) in [6.45, 7) is 4.69. The van der Waals surface area contributed by atoms with Crippen LogP contribution in [0.3, 0.4) is 0 Å². The molecule has 30 heavy (non-hydrogen) atoms. The Hall–Kier alpha value is -3.15. The first-order chi connectivity index (χ1) is 14.5. The minimum Gasteiger partial charge on any atom is -0.452 e. The molecule has 158 valence electrons. The van der Waals surface area contributed by atoms with Crippen molar-refractivity contribution < 1.29 is 19.1 Å². The van der Waals surface area contributed by atoms with Gasteiger partial charge in [-0.25, -0.2) is 4.79 Å². The van der Waals surface area contributed by atoms with Gasteiger partial charge in [0.2, 0.25) is 0 Å². The summed E-state index contributed by atoms with van der Waals surface area (Å²) in [5, 5.41) is 2.68. The van der Waals surface area contributed by atoms with Gasteiger partial charge in [0, 0.05) is 24.3 Å². The Morgan fingerprint density at radius 2 is 1.67 bits per heavy atom. The molecule has 0 saturated heterocycles. The van der Waals surface area contributed by atoms with E-state index in [-0.39, 0.29) is 12.5 Å². The number of benzene rings is 2. The van der Waals surface area contributed by atoms with E-state index in [9.17, 15) is 14.4 Å². The van der Waals surface area contributed by atoms with Gasteiger partial charge in [-0.05, 0) is 81.0 Å². The fourth-order valence-electron chi connectivity index (χ4n) is 3.70. The molecule has 0 spiro atoms. The maximum atomic E-state index is 12.5. The van der Waals surface area contributed by atoms with E-state index in [0.717, 1.165) is 19.3 Å². The normalized spacial score (nSPS) is 12.6. The lowest BCUT2D eigenvalue weighted by Crippen LogP contribution is -2.30. The van der Waals surface area contributed by atoms with Crippen molar-refractivity contribution in [1.82, 2.24) is 4.90 Å². The van der Waals surface area contributed by atoms with Gasteiger partial charge in [0.1, 0.15) is 0 Å². The molecule has 2 aromatic carbocycles. The van der Waals surface area contributed by atoms with Gasteiger partial charge < -0.3 is 15.0 Å². The third kappa shape index (κ3) is 5.26. The lowest BCUT2D eigenvalue weighted by atomic mass is 9.90. The van der Waals surface area contributed by atoms with Crippen LogP contribution >= 0.6 is 0 Å². The van der Waals surface area contributed by atoms with Crippen LogP contribution in [0.15, 0.2) is 42.5 Å². The van der Waals surface area contributed by atoms with Crippen molar-refractivity contribution in [2.24, 2.45) is 0 Å². The Labute approximate surface area is 177 Å². The number of amides is 2. The van der Waals surface area contributed by atoms with Gasteiger partial charge in [-0.2, -0.15) is 0 Å². The monoisotopic (exact) mass is 408 g/mol. The van der Waals surface area contributed by atoms with Crippen LogP contribution in [0.4, 0.5) is 5.69 Å². The van der Waals surface area contributed by atoms with Crippen LogP contribution in [0.2, 0.25) is 0 Å². The molecule has 0 atom stereocenters. The van der Waals surface area contributed by atoms with Crippen molar-refractivity contribution in [2.45, 2.75) is 39.5 Å². The molecule has 0 aliphatic heterocycles. The molecule has 0 saturated carbocycles. The van der Waals surface area contributed by atoms with E-state index in [2.05, 4.69) is 5.32 Å². The number of carbonyl (C=O) groups excluding carboxylic acids is 3. The maximum Gasteiger partial charge on any atom is 0.338 e. The van der Waals surface area contributed by atoms with Crippen LogP contribution in [0.1, 0.15) is 58.5 Å². The molecule has 0 fully saturated rings. The number of ether oxygens (including phenoxy) is 1. The molecule has 1 aliphatic carbocycles. The number of aryl methyl sites for hydroxylation is 2. The molecule has 6 nitrogen and oxygen atoms in total. The summed E-state index contributed by atoms with van der Waals surface area (Å²) in [6.07, 6.45) is 4.32. The van der Waals surface area contributed by atoms with E-state index in [1.165, 1.54) is 17.5 Å². The first-order valence-electron chi connectivity index (χ1n) is 10.5. The van der Waals surface area contributed by atoms with E-state index < -0.39 is 11.9 Å². The lowest BCUT2D eigenvalue weighted by molar-refractivity contribution is -0.119. The second kappa shape index (κ2) is 10.1. The summed E-state index contributed by atoms with van der Waals surface area (Å²) in [5.74, 6) is -1.05. The summed E-state index contributed by atoms with van der Waals surface area (Å²) in [6, 6.07) is 12.4. The highest BCUT2D eigenvalue weighted by molar-refractivity contribution is 5.98. The zero-order valence-electron chi connectivity index (χ0n) is 17.6. The van der Waals surface area contributed by atoms with E-state index in [4.69, 9.17) is 4.74 Å². The fraction of sp³-hybridized carbons (Fsp3) is 0.375. The lowest BCUT2D eigenvalue weighted by Gasteiger charge is -2.19. The minimum atomic E-state index is -0.510. The molecule has 0 unspecified atom stereocenters. The third-order valence-corrected chi connectivity index (χ3v) is 5.36. The highest BCUT2D eigenvalue weighted by Crippen LogP contribution is 2.22. The average molecular weight is 408 g/mol. The standard InChI is InChI=1S/C24H28N2O4/c1-3-26(4-2)23(28)19-10-7-11-21(15-19)25-22(27)16-30-24(29)20-13-12-17-8-5-6-9-18(17)14-20/h7,10-15H,3-6,8-9,16H2,1-2H3,(H,25,27). The highest BCUT2D eigenvalue weighted by Gasteiger charge is 2.16.